The largest absolute Gasteiger partial charge is 0.718 e. The molecule has 0 saturated carbocycles. The first-order chi connectivity index (χ1) is 7.33. The Kier molecular flexibility index (Phi) is 6.08. The Morgan fingerprint density at radius 1 is 1.33 bits per heavy atom. The van der Waals surface area contributed by atoms with E-state index in [1.165, 1.54) is 0 Å². The summed E-state index contributed by atoms with van der Waals surface area (Å²) in [6.45, 7) is 2.43. The van der Waals surface area contributed by atoms with Crippen LogP contribution in [0.2, 0.25) is 0 Å². The summed E-state index contributed by atoms with van der Waals surface area (Å²) in [6.07, 6.45) is 0. The van der Waals surface area contributed by atoms with E-state index in [4.69, 9.17) is 4.52 Å². The van der Waals surface area contributed by atoms with Crippen molar-refractivity contribution in [1.29, 1.82) is 0 Å². The standard InChI is InChI=1S/C9H13NO4P/c1-2-12-10-14-15(11)13-8-9-6-4-3-5-7-9/h3-7,10H,2,8H2,1H3/q+1. The molecule has 0 heterocycles. The molecule has 0 spiro atoms. The van der Waals surface area contributed by atoms with Crippen LogP contribution in [0, 0.1) is 0 Å². The van der Waals surface area contributed by atoms with Crippen molar-refractivity contribution in [2.75, 3.05) is 6.61 Å². The molecular weight excluding hydrogens is 217 g/mol. The van der Waals surface area contributed by atoms with Gasteiger partial charge in [0, 0.05) is 9.19 Å². The molecule has 6 heteroatoms. The van der Waals surface area contributed by atoms with E-state index in [2.05, 4.69) is 15.1 Å². The summed E-state index contributed by atoms with van der Waals surface area (Å²) >= 11 is 0. The fraction of sp³-hybridized carbons (Fsp3) is 0.333. The van der Waals surface area contributed by atoms with Crippen LogP contribution < -0.4 is 5.64 Å². The van der Waals surface area contributed by atoms with Crippen LogP contribution in [0.4, 0.5) is 0 Å². The molecule has 0 fully saturated rings. The molecule has 0 aliphatic rings. The minimum Gasteiger partial charge on any atom is -0.273 e. The van der Waals surface area contributed by atoms with Gasteiger partial charge in [0.25, 0.3) is 0 Å². The third-order valence-electron chi connectivity index (χ3n) is 1.49. The summed E-state index contributed by atoms with van der Waals surface area (Å²) in [7, 11) is -2.20. The van der Waals surface area contributed by atoms with Crippen molar-refractivity contribution in [3.63, 3.8) is 0 Å². The molecule has 1 aromatic rings. The second-order valence-electron chi connectivity index (χ2n) is 2.59. The van der Waals surface area contributed by atoms with Gasteiger partial charge in [-0.25, -0.2) is 0 Å². The van der Waals surface area contributed by atoms with E-state index in [1.54, 1.807) is 6.92 Å². The molecule has 0 aliphatic heterocycles. The maximum Gasteiger partial charge on any atom is 0.718 e. The van der Waals surface area contributed by atoms with Gasteiger partial charge in [-0.1, -0.05) is 30.3 Å². The van der Waals surface area contributed by atoms with Crippen molar-refractivity contribution in [3.8, 4) is 0 Å². The third-order valence-corrected chi connectivity index (χ3v) is 2.06. The van der Waals surface area contributed by atoms with Crippen LogP contribution in [0.15, 0.2) is 30.3 Å². The zero-order valence-electron chi connectivity index (χ0n) is 8.38. The molecule has 0 bridgehead atoms. The van der Waals surface area contributed by atoms with Gasteiger partial charge in [0.15, 0.2) is 0 Å². The first-order valence-corrected chi connectivity index (χ1v) is 5.60. The summed E-state index contributed by atoms with van der Waals surface area (Å²) in [5.41, 5.74) is 2.99. The molecule has 1 N–H and O–H groups in total. The topological polar surface area (TPSA) is 56.8 Å². The number of nitrogens with one attached hydrogen (secondary N) is 1. The van der Waals surface area contributed by atoms with Gasteiger partial charge in [-0.3, -0.25) is 4.84 Å². The summed E-state index contributed by atoms with van der Waals surface area (Å²) in [5.74, 6) is 0. The van der Waals surface area contributed by atoms with Gasteiger partial charge >= 0.3 is 8.25 Å². The van der Waals surface area contributed by atoms with Crippen LogP contribution in [-0.4, -0.2) is 6.61 Å². The number of hydrogen-bond donors (Lipinski definition) is 1. The van der Waals surface area contributed by atoms with E-state index in [-0.39, 0.29) is 6.61 Å². The molecule has 1 aromatic carbocycles. The molecule has 1 atom stereocenters. The molecule has 82 valence electrons. The molecule has 1 unspecified atom stereocenters. The average Bonchev–Trinajstić information content (AvgIpc) is 2.28. The predicted molar refractivity (Wildman–Crippen MR) is 54.7 cm³/mol. The summed E-state index contributed by atoms with van der Waals surface area (Å²) < 4.78 is 20.5. The van der Waals surface area contributed by atoms with E-state index < -0.39 is 8.25 Å². The Balaban J connectivity index is 2.17. The molecule has 1 rings (SSSR count). The first kappa shape index (κ1) is 12.2. The number of rotatable bonds is 7. The Morgan fingerprint density at radius 2 is 2.07 bits per heavy atom. The predicted octanol–water partition coefficient (Wildman–Crippen LogP) is 2.33. The SMILES string of the molecule is CCONO[P+](=O)OCc1ccccc1. The highest BCUT2D eigenvalue weighted by molar-refractivity contribution is 7.33. The second-order valence-corrected chi connectivity index (χ2v) is 3.48. The third kappa shape index (κ3) is 5.57. The fourth-order valence-electron chi connectivity index (χ4n) is 0.844. The van der Waals surface area contributed by atoms with Gasteiger partial charge in [0.05, 0.1) is 6.61 Å². The Hall–Kier alpha value is -0.840. The maximum absolute atomic E-state index is 11.1. The van der Waals surface area contributed by atoms with E-state index in [0.717, 1.165) is 5.56 Å². The molecule has 0 aromatic heterocycles. The van der Waals surface area contributed by atoms with Gasteiger partial charge in [0.2, 0.25) is 0 Å². The van der Waals surface area contributed by atoms with E-state index in [0.29, 0.717) is 6.61 Å². The van der Waals surface area contributed by atoms with Gasteiger partial charge in [-0.2, -0.15) is 0 Å². The summed E-state index contributed by atoms with van der Waals surface area (Å²) in [6, 6.07) is 9.41. The van der Waals surface area contributed by atoms with Gasteiger partial charge in [-0.15, -0.1) is 4.52 Å². The Bertz CT molecular complexity index is 293. The fourth-order valence-corrected chi connectivity index (χ4v) is 1.26. The van der Waals surface area contributed by atoms with Gasteiger partial charge in [0.1, 0.15) is 6.61 Å². The van der Waals surface area contributed by atoms with E-state index in [1.807, 2.05) is 30.3 Å². The minimum atomic E-state index is -2.20. The highest BCUT2D eigenvalue weighted by Gasteiger charge is 2.20. The number of hydrogen-bond acceptors (Lipinski definition) is 5. The molecule has 15 heavy (non-hydrogen) atoms. The van der Waals surface area contributed by atoms with Crippen LogP contribution >= 0.6 is 8.25 Å². The van der Waals surface area contributed by atoms with Crippen LogP contribution in [0.3, 0.4) is 0 Å². The zero-order valence-corrected chi connectivity index (χ0v) is 9.28. The second kappa shape index (κ2) is 7.45. The van der Waals surface area contributed by atoms with Crippen molar-refractivity contribution in [2.45, 2.75) is 13.5 Å². The van der Waals surface area contributed by atoms with Crippen molar-refractivity contribution >= 4 is 8.25 Å². The maximum atomic E-state index is 11.1. The summed E-state index contributed by atoms with van der Waals surface area (Å²) in [5, 5.41) is 0. The highest BCUT2D eigenvalue weighted by Crippen LogP contribution is 2.23. The van der Waals surface area contributed by atoms with E-state index in [9.17, 15) is 4.57 Å². The lowest BCUT2D eigenvalue weighted by atomic mass is 10.2. The smallest absolute Gasteiger partial charge is 0.273 e. The van der Waals surface area contributed by atoms with Crippen LogP contribution in [0.25, 0.3) is 0 Å². The normalized spacial score (nSPS) is 11.4. The quantitative estimate of drug-likeness (QED) is 0.442. The van der Waals surface area contributed by atoms with Crippen molar-refractivity contribution in [2.24, 2.45) is 0 Å². The monoisotopic (exact) mass is 230 g/mol. The van der Waals surface area contributed by atoms with Gasteiger partial charge in [-0.05, 0) is 18.1 Å². The van der Waals surface area contributed by atoms with Crippen molar-refractivity contribution < 1.29 is 18.6 Å². The van der Waals surface area contributed by atoms with Gasteiger partial charge < -0.3 is 0 Å². The molecule has 0 radical (unpaired) electrons. The number of benzene rings is 1. The van der Waals surface area contributed by atoms with E-state index >= 15 is 0 Å². The van der Waals surface area contributed by atoms with Crippen LogP contribution in [0.1, 0.15) is 12.5 Å². The molecule has 0 aliphatic carbocycles. The Labute approximate surface area is 89.2 Å². The lowest BCUT2D eigenvalue weighted by molar-refractivity contribution is -0.105. The van der Waals surface area contributed by atoms with Crippen molar-refractivity contribution in [1.82, 2.24) is 5.64 Å². The Morgan fingerprint density at radius 3 is 2.73 bits per heavy atom. The minimum absolute atomic E-state index is 0.240. The molecular formula is C9H13NO4P+. The van der Waals surface area contributed by atoms with Crippen LogP contribution in [0.5, 0.6) is 0 Å². The van der Waals surface area contributed by atoms with Crippen LogP contribution in [-0.2, 0) is 25.2 Å². The molecule has 5 nitrogen and oxygen atoms in total. The lowest BCUT2D eigenvalue weighted by Gasteiger charge is -1.94. The van der Waals surface area contributed by atoms with Crippen molar-refractivity contribution in [3.05, 3.63) is 35.9 Å². The lowest BCUT2D eigenvalue weighted by Crippen LogP contribution is -2.10. The summed E-state index contributed by atoms with van der Waals surface area (Å²) in [4.78, 5) is 4.62. The molecule has 0 amide bonds. The first-order valence-electron chi connectivity index (χ1n) is 4.50. The molecule has 0 saturated heterocycles. The highest BCUT2D eigenvalue weighted by atomic mass is 31.1. The average molecular weight is 230 g/mol. The zero-order chi connectivity index (χ0) is 10.9.